The van der Waals surface area contributed by atoms with E-state index in [1.54, 1.807) is 0 Å². The predicted molar refractivity (Wildman–Crippen MR) is 66.9 cm³/mol. The van der Waals surface area contributed by atoms with Gasteiger partial charge in [-0.3, -0.25) is 4.79 Å². The lowest BCUT2D eigenvalue weighted by Gasteiger charge is -1.99. The van der Waals surface area contributed by atoms with E-state index in [9.17, 15) is 4.79 Å². The van der Waals surface area contributed by atoms with Gasteiger partial charge in [-0.05, 0) is 30.6 Å². The molecule has 4 nitrogen and oxygen atoms in total. The van der Waals surface area contributed by atoms with Gasteiger partial charge in [0.15, 0.2) is 5.82 Å². The number of hydrogen-bond donors (Lipinski definition) is 2. The third-order valence-electron chi connectivity index (χ3n) is 2.61. The van der Waals surface area contributed by atoms with E-state index in [2.05, 4.69) is 9.36 Å². The van der Waals surface area contributed by atoms with E-state index in [1.165, 1.54) is 11.5 Å². The van der Waals surface area contributed by atoms with Crippen LogP contribution in [0.25, 0.3) is 21.1 Å². The monoisotopic (exact) mass is 231 g/mol. The first kappa shape index (κ1) is 9.35. The number of aromatic nitrogens is 2. The molecule has 3 aromatic rings. The molecule has 5 heteroatoms. The number of nitrogen functional groups attached to an aromatic ring is 1. The number of nitrogens with two attached hydrogens (primary N) is 1. The standard InChI is InChI=1S/C11H9N3OS/c1-5-2-3-7-6(4-5)9(15)8-10(12)14-16-11(8)13-7/h2-4H,1H3,(H2,12,14)(H,13,15). The molecular formula is C11H9N3OS. The molecule has 2 heterocycles. The second-order valence-electron chi connectivity index (χ2n) is 3.78. The Balaban J connectivity index is 2.64. The van der Waals surface area contributed by atoms with Crippen molar-refractivity contribution < 1.29 is 0 Å². The van der Waals surface area contributed by atoms with Crippen molar-refractivity contribution in [2.75, 3.05) is 5.73 Å². The Hall–Kier alpha value is -1.88. The number of rotatable bonds is 0. The predicted octanol–water partition coefficient (Wildman–Crippen LogP) is 2.03. The van der Waals surface area contributed by atoms with Gasteiger partial charge in [-0.25, -0.2) is 0 Å². The van der Waals surface area contributed by atoms with Gasteiger partial charge in [0, 0.05) is 5.39 Å². The molecule has 0 atom stereocenters. The third-order valence-corrected chi connectivity index (χ3v) is 3.39. The largest absolute Gasteiger partial charge is 0.382 e. The van der Waals surface area contributed by atoms with Crippen molar-refractivity contribution in [1.82, 2.24) is 9.36 Å². The fourth-order valence-corrected chi connectivity index (χ4v) is 2.54. The molecule has 0 bridgehead atoms. The Bertz CT molecular complexity index is 757. The molecule has 0 aliphatic rings. The second-order valence-corrected chi connectivity index (χ2v) is 4.55. The third kappa shape index (κ3) is 1.15. The molecule has 3 N–H and O–H groups in total. The SMILES string of the molecule is Cc1ccc2[nH]c3snc(N)c3c(=O)c2c1. The Kier molecular flexibility index (Phi) is 1.79. The van der Waals surface area contributed by atoms with Crippen LogP contribution in [0, 0.1) is 6.92 Å². The summed E-state index contributed by atoms with van der Waals surface area (Å²) in [5.41, 5.74) is 7.52. The number of H-pyrrole nitrogens is 1. The van der Waals surface area contributed by atoms with Crippen molar-refractivity contribution >= 4 is 38.5 Å². The van der Waals surface area contributed by atoms with Gasteiger partial charge in [-0.1, -0.05) is 11.6 Å². The number of anilines is 1. The maximum atomic E-state index is 12.2. The summed E-state index contributed by atoms with van der Waals surface area (Å²) >= 11 is 1.22. The minimum absolute atomic E-state index is 0.0429. The maximum Gasteiger partial charge on any atom is 0.201 e. The summed E-state index contributed by atoms with van der Waals surface area (Å²) in [6, 6.07) is 5.74. The first-order valence-corrected chi connectivity index (χ1v) is 5.61. The number of benzene rings is 1. The van der Waals surface area contributed by atoms with E-state index in [-0.39, 0.29) is 5.43 Å². The lowest BCUT2D eigenvalue weighted by Crippen LogP contribution is -2.04. The molecule has 0 amide bonds. The summed E-state index contributed by atoms with van der Waals surface area (Å²) in [5, 5.41) is 1.17. The fourth-order valence-electron chi connectivity index (χ4n) is 1.82. The van der Waals surface area contributed by atoms with E-state index in [0.29, 0.717) is 16.6 Å². The average Bonchev–Trinajstić information content (AvgIpc) is 2.62. The number of nitrogens with zero attached hydrogens (tertiary/aromatic N) is 1. The minimum Gasteiger partial charge on any atom is -0.382 e. The smallest absolute Gasteiger partial charge is 0.201 e. The average molecular weight is 231 g/mol. The first-order chi connectivity index (χ1) is 7.66. The number of fused-ring (bicyclic) bond motifs is 2. The van der Waals surface area contributed by atoms with Gasteiger partial charge >= 0.3 is 0 Å². The number of nitrogens with one attached hydrogen (secondary N) is 1. The zero-order chi connectivity index (χ0) is 11.3. The van der Waals surface area contributed by atoms with Crippen molar-refractivity contribution in [3.05, 3.63) is 34.0 Å². The summed E-state index contributed by atoms with van der Waals surface area (Å²) in [4.78, 5) is 16.1. The van der Waals surface area contributed by atoms with Crippen molar-refractivity contribution in [2.45, 2.75) is 6.92 Å². The van der Waals surface area contributed by atoms with Crippen molar-refractivity contribution in [1.29, 1.82) is 0 Å². The highest BCUT2D eigenvalue weighted by Crippen LogP contribution is 2.22. The number of pyridine rings is 1. The molecule has 0 spiro atoms. The molecule has 0 fully saturated rings. The molecular weight excluding hydrogens is 222 g/mol. The molecule has 1 aromatic carbocycles. The fraction of sp³-hybridized carbons (Fsp3) is 0.0909. The van der Waals surface area contributed by atoms with Gasteiger partial charge in [0.2, 0.25) is 5.43 Å². The van der Waals surface area contributed by atoms with Gasteiger partial charge in [-0.2, -0.15) is 4.37 Å². The summed E-state index contributed by atoms with van der Waals surface area (Å²) in [6.45, 7) is 1.96. The molecule has 3 rings (SSSR count). The number of aromatic amines is 1. The molecule has 16 heavy (non-hydrogen) atoms. The van der Waals surface area contributed by atoms with Gasteiger partial charge in [0.1, 0.15) is 10.2 Å². The highest BCUT2D eigenvalue weighted by Gasteiger charge is 2.10. The van der Waals surface area contributed by atoms with E-state index in [4.69, 9.17) is 5.73 Å². The summed E-state index contributed by atoms with van der Waals surface area (Å²) < 4.78 is 3.99. The Morgan fingerprint density at radius 3 is 3.06 bits per heavy atom. The second kappa shape index (κ2) is 3.05. The quantitative estimate of drug-likeness (QED) is 0.621. The maximum absolute atomic E-state index is 12.2. The molecule has 80 valence electrons. The molecule has 0 aliphatic heterocycles. The number of aryl methyl sites for hydroxylation is 1. The number of hydrogen-bond acceptors (Lipinski definition) is 4. The van der Waals surface area contributed by atoms with Gasteiger partial charge in [-0.15, -0.1) is 0 Å². The van der Waals surface area contributed by atoms with E-state index in [0.717, 1.165) is 15.9 Å². The summed E-state index contributed by atoms with van der Waals surface area (Å²) in [6.07, 6.45) is 0. The molecule has 0 radical (unpaired) electrons. The lowest BCUT2D eigenvalue weighted by molar-refractivity contribution is 1.46. The highest BCUT2D eigenvalue weighted by molar-refractivity contribution is 7.13. The highest BCUT2D eigenvalue weighted by atomic mass is 32.1. The first-order valence-electron chi connectivity index (χ1n) is 4.84. The Morgan fingerprint density at radius 2 is 2.25 bits per heavy atom. The van der Waals surface area contributed by atoms with Crippen LogP contribution in [0.15, 0.2) is 23.0 Å². The minimum atomic E-state index is -0.0429. The van der Waals surface area contributed by atoms with Crippen LogP contribution in [0.1, 0.15) is 5.56 Å². The van der Waals surface area contributed by atoms with E-state index >= 15 is 0 Å². The van der Waals surface area contributed by atoms with Crippen molar-refractivity contribution in [3.63, 3.8) is 0 Å². The normalized spacial score (nSPS) is 11.3. The summed E-state index contributed by atoms with van der Waals surface area (Å²) in [7, 11) is 0. The van der Waals surface area contributed by atoms with E-state index in [1.807, 2.05) is 25.1 Å². The lowest BCUT2D eigenvalue weighted by atomic mass is 10.1. The molecule has 0 aliphatic carbocycles. The van der Waals surface area contributed by atoms with Gasteiger partial charge in [0.05, 0.1) is 5.52 Å². The van der Waals surface area contributed by atoms with Crippen LogP contribution in [0.2, 0.25) is 0 Å². The van der Waals surface area contributed by atoms with Crippen LogP contribution in [0.4, 0.5) is 5.82 Å². The van der Waals surface area contributed by atoms with Crippen LogP contribution < -0.4 is 11.2 Å². The molecule has 0 saturated heterocycles. The zero-order valence-corrected chi connectivity index (χ0v) is 9.39. The topological polar surface area (TPSA) is 71.8 Å². The van der Waals surface area contributed by atoms with Crippen LogP contribution in [0.5, 0.6) is 0 Å². The Morgan fingerprint density at radius 1 is 1.44 bits per heavy atom. The van der Waals surface area contributed by atoms with Crippen molar-refractivity contribution in [3.8, 4) is 0 Å². The molecule has 0 unspecified atom stereocenters. The van der Waals surface area contributed by atoms with Gasteiger partial charge < -0.3 is 10.7 Å². The van der Waals surface area contributed by atoms with Crippen LogP contribution in [0.3, 0.4) is 0 Å². The zero-order valence-electron chi connectivity index (χ0n) is 8.57. The molecule has 0 saturated carbocycles. The van der Waals surface area contributed by atoms with Gasteiger partial charge in [0.25, 0.3) is 0 Å². The Labute approximate surface area is 94.9 Å². The molecule has 2 aromatic heterocycles. The van der Waals surface area contributed by atoms with E-state index < -0.39 is 0 Å². The van der Waals surface area contributed by atoms with Crippen molar-refractivity contribution in [2.24, 2.45) is 0 Å². The van der Waals surface area contributed by atoms with Crippen LogP contribution in [-0.4, -0.2) is 9.36 Å². The van der Waals surface area contributed by atoms with Crippen LogP contribution in [-0.2, 0) is 0 Å². The van der Waals surface area contributed by atoms with Crippen LogP contribution >= 0.6 is 11.5 Å². The summed E-state index contributed by atoms with van der Waals surface area (Å²) in [5.74, 6) is 0.310.